The van der Waals surface area contributed by atoms with Crippen LogP contribution in [0.3, 0.4) is 0 Å². The number of alkyl halides is 1. The molecule has 1 aliphatic heterocycles. The average molecular weight is 277 g/mol. The Labute approximate surface area is 108 Å². The number of thioether (sulfide) groups is 1. The number of rotatable bonds is 3. The summed E-state index contributed by atoms with van der Waals surface area (Å²) in [5, 5.41) is 5.48. The maximum atomic E-state index is 11.9. The molecule has 1 atom stereocenters. The summed E-state index contributed by atoms with van der Waals surface area (Å²) in [5.74, 6) is 1.56. The molecule has 1 aromatic heterocycles. The minimum absolute atomic E-state index is 0.0835. The predicted molar refractivity (Wildman–Crippen MR) is 70.4 cm³/mol. The van der Waals surface area contributed by atoms with E-state index in [2.05, 4.69) is 10.3 Å². The van der Waals surface area contributed by atoms with Crippen molar-refractivity contribution in [3.05, 3.63) is 11.1 Å². The van der Waals surface area contributed by atoms with Crippen LogP contribution in [0.4, 0.5) is 5.13 Å². The minimum atomic E-state index is 0.0835. The molecular formula is C10H13ClN2OS2. The highest BCUT2D eigenvalue weighted by atomic mass is 35.5. The van der Waals surface area contributed by atoms with Crippen LogP contribution in [0.2, 0.25) is 0 Å². The molecule has 0 aliphatic carbocycles. The number of nitrogens with zero attached hydrogens (tertiary/aromatic N) is 1. The van der Waals surface area contributed by atoms with Crippen LogP contribution in [0.25, 0.3) is 0 Å². The van der Waals surface area contributed by atoms with Gasteiger partial charge in [-0.2, -0.15) is 0 Å². The number of hydrogen-bond acceptors (Lipinski definition) is 4. The van der Waals surface area contributed by atoms with Crippen molar-refractivity contribution < 1.29 is 4.79 Å². The Bertz CT molecular complexity index is 363. The molecular weight excluding hydrogens is 264 g/mol. The number of amides is 1. The highest BCUT2D eigenvalue weighted by Crippen LogP contribution is 2.26. The number of hydrogen-bond donors (Lipinski definition) is 1. The molecule has 1 unspecified atom stereocenters. The normalized spacial score (nSPS) is 20.7. The highest BCUT2D eigenvalue weighted by Gasteiger charge is 2.22. The molecule has 2 heterocycles. The molecule has 0 spiro atoms. The van der Waals surface area contributed by atoms with Gasteiger partial charge in [-0.15, -0.1) is 34.7 Å². The third-order valence-corrected chi connectivity index (χ3v) is 4.85. The van der Waals surface area contributed by atoms with E-state index in [0.29, 0.717) is 11.0 Å². The quantitative estimate of drug-likeness (QED) is 0.863. The summed E-state index contributed by atoms with van der Waals surface area (Å²) in [6, 6.07) is 0. The van der Waals surface area contributed by atoms with Crippen LogP contribution in [-0.2, 0) is 10.7 Å². The van der Waals surface area contributed by atoms with Crippen LogP contribution < -0.4 is 5.32 Å². The summed E-state index contributed by atoms with van der Waals surface area (Å²) in [6.07, 6.45) is 3.35. The molecule has 2 rings (SSSR count). The second-order valence-corrected chi connectivity index (χ2v) is 6.06. The first-order chi connectivity index (χ1) is 7.79. The molecule has 1 amide bonds. The Morgan fingerprint density at radius 2 is 2.50 bits per heavy atom. The van der Waals surface area contributed by atoms with E-state index in [9.17, 15) is 4.79 Å². The van der Waals surface area contributed by atoms with Gasteiger partial charge < -0.3 is 5.32 Å². The van der Waals surface area contributed by atoms with E-state index >= 15 is 0 Å². The van der Waals surface area contributed by atoms with Crippen molar-refractivity contribution in [3.8, 4) is 0 Å². The summed E-state index contributed by atoms with van der Waals surface area (Å²) >= 11 is 8.82. The highest BCUT2D eigenvalue weighted by molar-refractivity contribution is 8.00. The number of carbonyl (C=O) groups excluding carboxylic acids is 1. The molecule has 1 aromatic rings. The molecule has 1 N–H and O–H groups in total. The molecule has 6 heteroatoms. The first kappa shape index (κ1) is 12.2. The molecule has 0 radical (unpaired) electrons. The third-order valence-electron chi connectivity index (χ3n) is 2.39. The van der Waals surface area contributed by atoms with Gasteiger partial charge in [-0.1, -0.05) is 6.42 Å². The van der Waals surface area contributed by atoms with Gasteiger partial charge in [0.2, 0.25) is 5.91 Å². The standard InChI is InChI=1S/C10H13ClN2OS2/c11-5-7-6-16-10(12-7)13-9(14)8-3-1-2-4-15-8/h6,8H,1-5H2,(H,12,13,14). The fraction of sp³-hybridized carbons (Fsp3) is 0.600. The number of thiazole rings is 1. The van der Waals surface area contributed by atoms with Gasteiger partial charge >= 0.3 is 0 Å². The second kappa shape index (κ2) is 5.89. The number of carbonyl (C=O) groups is 1. The van der Waals surface area contributed by atoms with Gasteiger partial charge in [-0.3, -0.25) is 4.79 Å². The van der Waals surface area contributed by atoms with Gasteiger partial charge in [0.25, 0.3) is 0 Å². The topological polar surface area (TPSA) is 42.0 Å². The summed E-state index contributed by atoms with van der Waals surface area (Å²) in [7, 11) is 0. The van der Waals surface area contributed by atoms with Crippen molar-refractivity contribution in [2.24, 2.45) is 0 Å². The average Bonchev–Trinajstić information content (AvgIpc) is 2.78. The van der Waals surface area contributed by atoms with Crippen LogP contribution in [0, 0.1) is 0 Å². The van der Waals surface area contributed by atoms with E-state index in [0.717, 1.165) is 24.3 Å². The van der Waals surface area contributed by atoms with E-state index < -0.39 is 0 Å². The van der Waals surface area contributed by atoms with Crippen molar-refractivity contribution in [1.29, 1.82) is 0 Å². The second-order valence-electron chi connectivity index (χ2n) is 3.62. The fourth-order valence-electron chi connectivity index (χ4n) is 1.56. The largest absolute Gasteiger partial charge is 0.301 e. The van der Waals surface area contributed by atoms with Crippen LogP contribution >= 0.6 is 34.7 Å². The molecule has 3 nitrogen and oxygen atoms in total. The van der Waals surface area contributed by atoms with Crippen LogP contribution in [0.15, 0.2) is 5.38 Å². The molecule has 0 bridgehead atoms. The molecule has 1 aliphatic rings. The number of halogens is 1. The Hall–Kier alpha value is -0.260. The maximum Gasteiger partial charge on any atom is 0.239 e. The van der Waals surface area contributed by atoms with Gasteiger partial charge in [-0.05, 0) is 18.6 Å². The van der Waals surface area contributed by atoms with Gasteiger partial charge in [0.05, 0.1) is 16.8 Å². The lowest BCUT2D eigenvalue weighted by Gasteiger charge is -2.19. The van der Waals surface area contributed by atoms with E-state index in [1.807, 2.05) is 5.38 Å². The maximum absolute atomic E-state index is 11.9. The fourth-order valence-corrected chi connectivity index (χ4v) is 3.70. The van der Waals surface area contributed by atoms with E-state index in [-0.39, 0.29) is 11.2 Å². The van der Waals surface area contributed by atoms with Gasteiger partial charge in [0, 0.05) is 5.38 Å². The molecule has 0 aromatic carbocycles. The number of anilines is 1. The zero-order chi connectivity index (χ0) is 11.4. The number of aromatic nitrogens is 1. The Morgan fingerprint density at radius 1 is 1.62 bits per heavy atom. The molecule has 16 heavy (non-hydrogen) atoms. The van der Waals surface area contributed by atoms with Crippen molar-refractivity contribution in [2.45, 2.75) is 30.4 Å². The first-order valence-corrected chi connectivity index (χ1v) is 7.68. The van der Waals surface area contributed by atoms with Crippen molar-refractivity contribution in [3.63, 3.8) is 0 Å². The lowest BCUT2D eigenvalue weighted by Crippen LogP contribution is -2.27. The first-order valence-electron chi connectivity index (χ1n) is 5.22. The lowest BCUT2D eigenvalue weighted by molar-refractivity contribution is -0.115. The summed E-state index contributed by atoms with van der Waals surface area (Å²) in [4.78, 5) is 16.1. The summed E-state index contributed by atoms with van der Waals surface area (Å²) in [6.45, 7) is 0. The monoisotopic (exact) mass is 276 g/mol. The van der Waals surface area contributed by atoms with Crippen LogP contribution in [0.5, 0.6) is 0 Å². The van der Waals surface area contributed by atoms with Crippen LogP contribution in [-0.4, -0.2) is 21.9 Å². The Morgan fingerprint density at radius 3 is 3.12 bits per heavy atom. The van der Waals surface area contributed by atoms with Crippen molar-refractivity contribution in [1.82, 2.24) is 4.98 Å². The molecule has 88 valence electrons. The van der Waals surface area contributed by atoms with Gasteiger partial charge in [0.1, 0.15) is 0 Å². The van der Waals surface area contributed by atoms with Gasteiger partial charge in [0.15, 0.2) is 5.13 Å². The Kier molecular flexibility index (Phi) is 4.49. The smallest absolute Gasteiger partial charge is 0.239 e. The number of nitrogens with one attached hydrogen (secondary N) is 1. The van der Waals surface area contributed by atoms with Crippen LogP contribution in [0.1, 0.15) is 25.0 Å². The van der Waals surface area contributed by atoms with Crippen molar-refractivity contribution in [2.75, 3.05) is 11.1 Å². The third kappa shape index (κ3) is 3.12. The predicted octanol–water partition coefficient (Wildman–Crippen LogP) is 3.11. The summed E-state index contributed by atoms with van der Waals surface area (Å²) in [5.41, 5.74) is 0.818. The van der Waals surface area contributed by atoms with E-state index in [1.54, 1.807) is 11.8 Å². The molecule has 1 fully saturated rings. The van der Waals surface area contributed by atoms with E-state index in [4.69, 9.17) is 11.6 Å². The SMILES string of the molecule is O=C(Nc1nc(CCl)cs1)C1CCCCS1. The van der Waals surface area contributed by atoms with Gasteiger partial charge in [-0.25, -0.2) is 4.98 Å². The Balaban J connectivity index is 1.90. The minimum Gasteiger partial charge on any atom is -0.301 e. The zero-order valence-corrected chi connectivity index (χ0v) is 11.1. The molecule has 0 saturated carbocycles. The van der Waals surface area contributed by atoms with Crippen molar-refractivity contribution >= 4 is 45.7 Å². The lowest BCUT2D eigenvalue weighted by atomic mass is 10.2. The van der Waals surface area contributed by atoms with E-state index in [1.165, 1.54) is 17.8 Å². The molecule has 1 saturated heterocycles. The zero-order valence-electron chi connectivity index (χ0n) is 8.74. The summed E-state index contributed by atoms with van der Waals surface area (Å²) < 4.78 is 0.